The fraction of sp³-hybridized carbons (Fsp3) is 0.450. The van der Waals surface area contributed by atoms with Crippen LogP contribution in [0.25, 0.3) is 10.7 Å². The summed E-state index contributed by atoms with van der Waals surface area (Å²) in [5.41, 5.74) is 0.353. The van der Waals surface area contributed by atoms with Crippen LogP contribution in [-0.2, 0) is 17.8 Å². The molecule has 3 aromatic heterocycles. The van der Waals surface area contributed by atoms with Crippen LogP contribution in [-0.4, -0.2) is 74.1 Å². The lowest BCUT2D eigenvalue weighted by molar-refractivity contribution is -0.128. The number of aromatic nitrogens is 4. The van der Waals surface area contributed by atoms with Gasteiger partial charge in [-0.2, -0.15) is 10.1 Å². The van der Waals surface area contributed by atoms with Crippen LogP contribution in [0.3, 0.4) is 0 Å². The third kappa shape index (κ3) is 4.65. The number of aryl methyl sites for hydroxylation is 2. The lowest BCUT2D eigenvalue weighted by Crippen LogP contribution is -2.50. The highest BCUT2D eigenvalue weighted by atomic mass is 32.1. The van der Waals surface area contributed by atoms with E-state index in [0.29, 0.717) is 36.9 Å². The average Bonchev–Trinajstić information content (AvgIpc) is 3.54. The van der Waals surface area contributed by atoms with Gasteiger partial charge in [-0.15, -0.1) is 11.3 Å². The first-order valence-electron chi connectivity index (χ1n) is 10.1. The SMILES string of the molecule is CCn1cc(C(=O)C(=O)N2CCN(CCCc3nc(-c4cccs4)no3)CC2)cn1. The third-order valence-corrected chi connectivity index (χ3v) is 6.01. The van der Waals surface area contributed by atoms with Gasteiger partial charge < -0.3 is 9.42 Å². The molecule has 158 valence electrons. The van der Waals surface area contributed by atoms with Crippen LogP contribution in [0.4, 0.5) is 0 Å². The quantitative estimate of drug-likeness (QED) is 0.400. The van der Waals surface area contributed by atoms with Gasteiger partial charge in [0.15, 0.2) is 0 Å². The normalized spacial score (nSPS) is 14.9. The molecular weight excluding hydrogens is 404 g/mol. The van der Waals surface area contributed by atoms with Crippen LogP contribution in [0.5, 0.6) is 0 Å². The van der Waals surface area contributed by atoms with Crippen molar-refractivity contribution in [1.29, 1.82) is 0 Å². The second-order valence-corrected chi connectivity index (χ2v) is 8.09. The summed E-state index contributed by atoms with van der Waals surface area (Å²) in [7, 11) is 0. The minimum atomic E-state index is -0.485. The van der Waals surface area contributed by atoms with Crippen molar-refractivity contribution in [2.75, 3.05) is 32.7 Å². The van der Waals surface area contributed by atoms with Gasteiger partial charge in [0.1, 0.15) is 0 Å². The molecule has 9 nitrogen and oxygen atoms in total. The summed E-state index contributed by atoms with van der Waals surface area (Å²) >= 11 is 1.59. The smallest absolute Gasteiger partial charge is 0.295 e. The zero-order valence-corrected chi connectivity index (χ0v) is 17.7. The number of carbonyl (C=O) groups is 2. The van der Waals surface area contributed by atoms with Gasteiger partial charge in [-0.1, -0.05) is 11.2 Å². The molecule has 0 saturated carbocycles. The predicted molar refractivity (Wildman–Crippen MR) is 111 cm³/mol. The summed E-state index contributed by atoms with van der Waals surface area (Å²) in [5.74, 6) is 0.352. The maximum atomic E-state index is 12.5. The zero-order chi connectivity index (χ0) is 20.9. The fourth-order valence-electron chi connectivity index (χ4n) is 3.41. The Morgan fingerprint density at radius 2 is 2.07 bits per heavy atom. The number of thiophene rings is 1. The molecule has 0 aromatic carbocycles. The topological polar surface area (TPSA) is 97.4 Å². The molecule has 4 rings (SSSR count). The van der Waals surface area contributed by atoms with Crippen molar-refractivity contribution < 1.29 is 14.1 Å². The molecule has 1 amide bonds. The van der Waals surface area contributed by atoms with Gasteiger partial charge in [0.2, 0.25) is 11.7 Å². The first-order chi connectivity index (χ1) is 14.6. The molecule has 0 radical (unpaired) electrons. The number of ketones is 1. The Morgan fingerprint density at radius 1 is 1.23 bits per heavy atom. The predicted octanol–water partition coefficient (Wildman–Crippen LogP) is 1.97. The van der Waals surface area contributed by atoms with Gasteiger partial charge in [-0.25, -0.2) is 0 Å². The molecule has 1 fully saturated rings. The molecule has 0 aliphatic carbocycles. The molecular formula is C20H24N6O3S. The van der Waals surface area contributed by atoms with Gasteiger partial charge in [-0.05, 0) is 31.3 Å². The molecule has 1 saturated heterocycles. The second kappa shape index (κ2) is 9.31. The summed E-state index contributed by atoms with van der Waals surface area (Å²) < 4.78 is 6.98. The lowest BCUT2D eigenvalue weighted by atomic mass is 10.2. The van der Waals surface area contributed by atoms with Gasteiger partial charge in [-0.3, -0.25) is 19.2 Å². The first-order valence-corrected chi connectivity index (χ1v) is 11.0. The zero-order valence-electron chi connectivity index (χ0n) is 16.9. The maximum absolute atomic E-state index is 12.5. The number of amides is 1. The van der Waals surface area contributed by atoms with E-state index in [4.69, 9.17) is 4.52 Å². The number of nitrogens with zero attached hydrogens (tertiary/aromatic N) is 6. The maximum Gasteiger partial charge on any atom is 0.295 e. The van der Waals surface area contributed by atoms with E-state index in [1.807, 2.05) is 24.4 Å². The Hall–Kier alpha value is -2.85. The van der Waals surface area contributed by atoms with Crippen molar-refractivity contribution in [3.8, 4) is 10.7 Å². The lowest BCUT2D eigenvalue weighted by Gasteiger charge is -2.34. The van der Waals surface area contributed by atoms with Crippen molar-refractivity contribution in [2.45, 2.75) is 26.3 Å². The third-order valence-electron chi connectivity index (χ3n) is 5.15. The van der Waals surface area contributed by atoms with Crippen molar-refractivity contribution in [2.24, 2.45) is 0 Å². The van der Waals surface area contributed by atoms with E-state index < -0.39 is 11.7 Å². The van der Waals surface area contributed by atoms with E-state index in [2.05, 4.69) is 20.1 Å². The number of hydrogen-bond donors (Lipinski definition) is 0. The standard InChI is InChI=1S/C20H24N6O3S/c1-2-26-14-15(13-21-26)18(27)20(28)25-10-8-24(9-11-25)7-3-6-17-22-19(23-29-17)16-5-4-12-30-16/h4-5,12-14H,2-3,6-11H2,1H3. The Kier molecular flexibility index (Phi) is 6.34. The molecule has 4 heterocycles. The van der Waals surface area contributed by atoms with Gasteiger partial charge in [0, 0.05) is 45.3 Å². The number of piperazine rings is 1. The molecule has 0 unspecified atom stereocenters. The van der Waals surface area contributed by atoms with Gasteiger partial charge >= 0.3 is 0 Å². The van der Waals surface area contributed by atoms with Crippen LogP contribution < -0.4 is 0 Å². The van der Waals surface area contributed by atoms with Crippen LogP contribution in [0.15, 0.2) is 34.4 Å². The number of hydrogen-bond acceptors (Lipinski definition) is 8. The summed E-state index contributed by atoms with van der Waals surface area (Å²) in [6, 6.07) is 3.94. The van der Waals surface area contributed by atoms with E-state index in [1.165, 1.54) is 6.20 Å². The molecule has 3 aromatic rings. The van der Waals surface area contributed by atoms with Crippen molar-refractivity contribution in [3.63, 3.8) is 0 Å². The second-order valence-electron chi connectivity index (χ2n) is 7.14. The number of Topliss-reactive ketones (excluding diaryl/α,β-unsaturated/α-hetero) is 1. The number of rotatable bonds is 8. The summed E-state index contributed by atoms with van der Waals surface area (Å²) in [4.78, 5) is 34.3. The highest BCUT2D eigenvalue weighted by molar-refractivity contribution is 7.13. The van der Waals surface area contributed by atoms with E-state index in [-0.39, 0.29) is 0 Å². The summed E-state index contributed by atoms with van der Waals surface area (Å²) in [6.45, 7) is 6.08. The fourth-order valence-corrected chi connectivity index (χ4v) is 4.06. The van der Waals surface area contributed by atoms with E-state index in [9.17, 15) is 9.59 Å². The molecule has 30 heavy (non-hydrogen) atoms. The summed E-state index contributed by atoms with van der Waals surface area (Å²) in [5, 5.41) is 10.1. The van der Waals surface area contributed by atoms with Crippen LogP contribution in [0.1, 0.15) is 29.6 Å². The molecule has 1 aliphatic rings. The van der Waals surface area contributed by atoms with Gasteiger partial charge in [0.05, 0.1) is 16.6 Å². The highest BCUT2D eigenvalue weighted by Crippen LogP contribution is 2.21. The van der Waals surface area contributed by atoms with Crippen molar-refractivity contribution in [3.05, 3.63) is 41.4 Å². The van der Waals surface area contributed by atoms with Gasteiger partial charge in [0.25, 0.3) is 11.7 Å². The molecule has 10 heteroatoms. The molecule has 1 aliphatic heterocycles. The summed E-state index contributed by atoms with van der Waals surface area (Å²) in [6.07, 6.45) is 4.70. The average molecular weight is 429 g/mol. The molecule has 0 atom stereocenters. The van der Waals surface area contributed by atoms with Crippen LogP contribution in [0, 0.1) is 0 Å². The highest BCUT2D eigenvalue weighted by Gasteiger charge is 2.27. The minimum Gasteiger partial charge on any atom is -0.339 e. The monoisotopic (exact) mass is 428 g/mol. The van der Waals surface area contributed by atoms with Crippen LogP contribution >= 0.6 is 11.3 Å². The Labute approximate surface area is 178 Å². The largest absolute Gasteiger partial charge is 0.339 e. The Morgan fingerprint density at radius 3 is 2.77 bits per heavy atom. The molecule has 0 spiro atoms. The van der Waals surface area contributed by atoms with E-state index in [1.54, 1.807) is 27.1 Å². The first kappa shape index (κ1) is 20.4. The van der Waals surface area contributed by atoms with E-state index in [0.717, 1.165) is 37.4 Å². The van der Waals surface area contributed by atoms with Crippen molar-refractivity contribution in [1.82, 2.24) is 29.7 Å². The number of carbonyl (C=O) groups excluding carboxylic acids is 2. The van der Waals surface area contributed by atoms with E-state index >= 15 is 0 Å². The molecule has 0 N–H and O–H groups in total. The molecule has 0 bridgehead atoms. The Balaban J connectivity index is 1.20. The van der Waals surface area contributed by atoms with Crippen molar-refractivity contribution >= 4 is 23.0 Å². The minimum absolute atomic E-state index is 0.353. The van der Waals surface area contributed by atoms with Crippen LogP contribution in [0.2, 0.25) is 0 Å². The Bertz CT molecular complexity index is 988.